The van der Waals surface area contributed by atoms with Crippen LogP contribution in [-0.2, 0) is 9.53 Å². The molecule has 9 heteroatoms. The van der Waals surface area contributed by atoms with E-state index >= 15 is 0 Å². The lowest BCUT2D eigenvalue weighted by Crippen LogP contribution is -2.39. The molecule has 0 radical (unpaired) electrons. The fourth-order valence-electron chi connectivity index (χ4n) is 4.99. The summed E-state index contributed by atoms with van der Waals surface area (Å²) in [6.07, 6.45) is 1.83. The topological polar surface area (TPSA) is 103 Å². The van der Waals surface area contributed by atoms with Crippen molar-refractivity contribution in [2.75, 3.05) is 6.61 Å². The van der Waals surface area contributed by atoms with Gasteiger partial charge in [-0.05, 0) is 69.2 Å². The number of rotatable bonds is 6. The van der Waals surface area contributed by atoms with Gasteiger partial charge in [0.15, 0.2) is 4.80 Å². The second kappa shape index (κ2) is 10.3. The van der Waals surface area contributed by atoms with Gasteiger partial charge in [-0.2, -0.15) is 0 Å². The Bertz CT molecular complexity index is 1830. The molecule has 4 aromatic rings. The molecule has 0 spiro atoms. The second-order valence-corrected chi connectivity index (χ2v) is 10.2. The number of fused-ring (bicyclic) bond motifs is 1. The molecule has 3 heterocycles. The van der Waals surface area contributed by atoms with Gasteiger partial charge in [-0.1, -0.05) is 47.7 Å². The Kier molecular flexibility index (Phi) is 6.93. The fourth-order valence-corrected chi connectivity index (χ4v) is 6.03. The summed E-state index contributed by atoms with van der Waals surface area (Å²) in [5, 5.41) is 9.42. The molecule has 2 aromatic carbocycles. The molecule has 8 nitrogen and oxygen atoms in total. The molecule has 0 bridgehead atoms. The predicted octanol–water partition coefficient (Wildman–Crippen LogP) is 3.90. The molecule has 0 amide bonds. The van der Waals surface area contributed by atoms with Gasteiger partial charge in [0.1, 0.15) is 0 Å². The third-order valence-electron chi connectivity index (χ3n) is 6.74. The Hall–Kier alpha value is -4.50. The van der Waals surface area contributed by atoms with Crippen LogP contribution in [0, 0.1) is 13.8 Å². The highest BCUT2D eigenvalue weighted by atomic mass is 32.1. The van der Waals surface area contributed by atoms with Gasteiger partial charge in [0.05, 0.1) is 34.0 Å². The zero-order chi connectivity index (χ0) is 27.8. The first-order valence-electron chi connectivity index (χ1n) is 12.5. The highest BCUT2D eigenvalue weighted by Gasteiger charge is 2.33. The molecule has 1 aliphatic heterocycles. The van der Waals surface area contributed by atoms with Crippen LogP contribution in [0.5, 0.6) is 0 Å². The van der Waals surface area contributed by atoms with Crippen molar-refractivity contribution < 1.29 is 19.4 Å². The predicted molar refractivity (Wildman–Crippen MR) is 149 cm³/mol. The highest BCUT2D eigenvalue weighted by molar-refractivity contribution is 7.07. The number of hydrogen-bond acceptors (Lipinski definition) is 6. The molecule has 5 rings (SSSR count). The van der Waals surface area contributed by atoms with Crippen LogP contribution < -0.4 is 14.9 Å². The van der Waals surface area contributed by atoms with Crippen LogP contribution in [0.1, 0.15) is 52.8 Å². The summed E-state index contributed by atoms with van der Waals surface area (Å²) in [4.78, 5) is 43.5. The number of allylic oxidation sites excluding steroid dienone is 1. The molecule has 1 atom stereocenters. The van der Waals surface area contributed by atoms with E-state index < -0.39 is 18.0 Å². The van der Waals surface area contributed by atoms with Crippen molar-refractivity contribution in [1.82, 2.24) is 9.13 Å². The molecule has 1 N–H and O–H groups in total. The van der Waals surface area contributed by atoms with Gasteiger partial charge < -0.3 is 14.4 Å². The number of aryl methyl sites for hydroxylation is 1. The Morgan fingerprint density at radius 3 is 2.51 bits per heavy atom. The molecule has 1 aliphatic rings. The third-order valence-corrected chi connectivity index (χ3v) is 7.72. The molecule has 198 valence electrons. The summed E-state index contributed by atoms with van der Waals surface area (Å²) in [7, 11) is 0. The van der Waals surface area contributed by atoms with Gasteiger partial charge in [-0.15, -0.1) is 0 Å². The van der Waals surface area contributed by atoms with Crippen molar-refractivity contribution >= 4 is 29.4 Å². The number of esters is 1. The number of carboxylic acid groups (broad SMARTS) is 1. The maximum atomic E-state index is 13.9. The molecule has 2 aromatic heterocycles. The van der Waals surface area contributed by atoms with Crippen molar-refractivity contribution in [3.05, 3.63) is 120 Å². The standard InChI is InChI=1S/C30H27N3O5S/c1-5-38-29(37)25-18(3)31-30-33(26(25)20-10-7-6-8-11-20)27(34)24(39-30)16-22-14-17(2)32(19(22)4)23-13-9-12-21(15-23)28(35)36/h6-16,26H,5H2,1-4H3,(H,35,36)/b24-16-/t26-/m0/s1. The largest absolute Gasteiger partial charge is 0.478 e. The number of hydrogen-bond donors (Lipinski definition) is 1. The Balaban J connectivity index is 1.67. The van der Waals surface area contributed by atoms with Gasteiger partial charge in [-0.25, -0.2) is 14.6 Å². The molecule has 39 heavy (non-hydrogen) atoms. The van der Waals surface area contributed by atoms with Gasteiger partial charge in [0.25, 0.3) is 5.56 Å². The van der Waals surface area contributed by atoms with Crippen molar-refractivity contribution in [2.24, 2.45) is 4.99 Å². The van der Waals surface area contributed by atoms with Crippen LogP contribution >= 0.6 is 11.3 Å². The Morgan fingerprint density at radius 2 is 1.82 bits per heavy atom. The molecule has 0 saturated heterocycles. The van der Waals surface area contributed by atoms with Crippen LogP contribution in [0.15, 0.2) is 81.7 Å². The minimum Gasteiger partial charge on any atom is -0.478 e. The maximum Gasteiger partial charge on any atom is 0.338 e. The monoisotopic (exact) mass is 541 g/mol. The number of benzene rings is 2. The fraction of sp³-hybridized carbons (Fsp3) is 0.200. The van der Waals surface area contributed by atoms with Crippen LogP contribution in [0.25, 0.3) is 11.8 Å². The number of carbonyl (C=O) groups is 2. The minimum atomic E-state index is -0.994. The van der Waals surface area contributed by atoms with E-state index in [0.717, 1.165) is 28.2 Å². The van der Waals surface area contributed by atoms with Crippen molar-refractivity contribution in [2.45, 2.75) is 33.7 Å². The first kappa shape index (κ1) is 26.1. The highest BCUT2D eigenvalue weighted by Crippen LogP contribution is 2.30. The van der Waals surface area contributed by atoms with E-state index in [1.807, 2.05) is 67.0 Å². The normalized spacial score (nSPS) is 15.2. The number of carboxylic acids is 1. The van der Waals surface area contributed by atoms with E-state index in [1.54, 1.807) is 36.6 Å². The summed E-state index contributed by atoms with van der Waals surface area (Å²) in [6.45, 7) is 7.59. The number of thiazole rings is 1. The molecular formula is C30H27N3O5S. The number of ether oxygens (including phenoxy) is 1. The summed E-state index contributed by atoms with van der Waals surface area (Å²) < 4.78 is 9.35. The van der Waals surface area contributed by atoms with E-state index in [9.17, 15) is 19.5 Å². The smallest absolute Gasteiger partial charge is 0.338 e. The maximum absolute atomic E-state index is 13.9. The number of aromatic carboxylic acids is 1. The summed E-state index contributed by atoms with van der Waals surface area (Å²) in [5.41, 5.74) is 4.92. The molecule has 0 fully saturated rings. The summed E-state index contributed by atoms with van der Waals surface area (Å²) >= 11 is 1.27. The molecule has 0 unspecified atom stereocenters. The summed E-state index contributed by atoms with van der Waals surface area (Å²) in [6, 6.07) is 17.4. The van der Waals surface area contributed by atoms with Crippen LogP contribution in [-0.4, -0.2) is 32.8 Å². The second-order valence-electron chi connectivity index (χ2n) is 9.23. The summed E-state index contributed by atoms with van der Waals surface area (Å²) in [5.74, 6) is -1.49. The zero-order valence-corrected chi connectivity index (χ0v) is 22.8. The lowest BCUT2D eigenvalue weighted by Gasteiger charge is -2.24. The SMILES string of the molecule is CCOC(=O)C1=C(C)N=c2s/c(=C\c3cc(C)n(-c4cccc(C(=O)O)c4)c3C)c(=O)n2[C@H]1c1ccccc1. The quantitative estimate of drug-likeness (QED) is 0.373. The zero-order valence-electron chi connectivity index (χ0n) is 22.0. The van der Waals surface area contributed by atoms with E-state index in [0.29, 0.717) is 20.6 Å². The van der Waals surface area contributed by atoms with Crippen LogP contribution in [0.4, 0.5) is 0 Å². The molecule has 0 saturated carbocycles. The van der Waals surface area contributed by atoms with Gasteiger partial charge >= 0.3 is 11.9 Å². The average Bonchev–Trinajstić information content (AvgIpc) is 3.37. The molecular weight excluding hydrogens is 514 g/mol. The Labute approximate surface area is 228 Å². The lowest BCUT2D eigenvalue weighted by molar-refractivity contribution is -0.139. The van der Waals surface area contributed by atoms with Crippen LogP contribution in [0.3, 0.4) is 0 Å². The first-order chi connectivity index (χ1) is 18.7. The van der Waals surface area contributed by atoms with Gasteiger partial charge in [0, 0.05) is 17.1 Å². The first-order valence-corrected chi connectivity index (χ1v) is 13.3. The molecule has 0 aliphatic carbocycles. The van der Waals surface area contributed by atoms with E-state index in [2.05, 4.69) is 4.99 Å². The lowest BCUT2D eigenvalue weighted by atomic mass is 9.96. The van der Waals surface area contributed by atoms with Gasteiger partial charge in [0.2, 0.25) is 0 Å². The van der Waals surface area contributed by atoms with Gasteiger partial charge in [-0.3, -0.25) is 9.36 Å². The van der Waals surface area contributed by atoms with E-state index in [4.69, 9.17) is 4.74 Å². The minimum absolute atomic E-state index is 0.198. The van der Waals surface area contributed by atoms with E-state index in [1.165, 1.54) is 11.3 Å². The van der Waals surface area contributed by atoms with Crippen molar-refractivity contribution in [3.63, 3.8) is 0 Å². The number of nitrogens with zero attached hydrogens (tertiary/aromatic N) is 3. The Morgan fingerprint density at radius 1 is 1.08 bits per heavy atom. The van der Waals surface area contributed by atoms with Crippen molar-refractivity contribution in [3.8, 4) is 5.69 Å². The van der Waals surface area contributed by atoms with E-state index in [-0.39, 0.29) is 17.7 Å². The average molecular weight is 542 g/mol. The number of aromatic nitrogens is 2. The third kappa shape index (κ3) is 4.66. The van der Waals surface area contributed by atoms with Crippen LogP contribution in [0.2, 0.25) is 0 Å². The number of carbonyl (C=O) groups excluding carboxylic acids is 1. The van der Waals surface area contributed by atoms with Crippen molar-refractivity contribution in [1.29, 1.82) is 0 Å².